The maximum atomic E-state index is 11.7. The molecule has 0 atom stereocenters. The van der Waals surface area contributed by atoms with Gasteiger partial charge in [-0.2, -0.15) is 18.3 Å². The fourth-order valence-corrected chi connectivity index (χ4v) is 1.31. The van der Waals surface area contributed by atoms with Crippen molar-refractivity contribution in [1.82, 2.24) is 9.78 Å². The topological polar surface area (TPSA) is 36.3 Å². The molecule has 0 spiro atoms. The lowest BCUT2D eigenvalue weighted by Crippen LogP contribution is -2.18. The fraction of sp³-hybridized carbons (Fsp3) is 0.727. The SMILES string of the molecule is CCCn1cc(OCCCOCC(F)(F)F)cn1. The average molecular weight is 266 g/mol. The Kier molecular flexibility index (Phi) is 5.97. The van der Waals surface area contributed by atoms with Crippen molar-refractivity contribution in [2.75, 3.05) is 19.8 Å². The van der Waals surface area contributed by atoms with Crippen molar-refractivity contribution < 1.29 is 22.6 Å². The summed E-state index contributed by atoms with van der Waals surface area (Å²) in [5, 5.41) is 4.06. The van der Waals surface area contributed by atoms with E-state index in [1.165, 1.54) is 0 Å². The number of hydrogen-bond donors (Lipinski definition) is 0. The highest BCUT2D eigenvalue weighted by Crippen LogP contribution is 2.14. The number of halogens is 3. The summed E-state index contributed by atoms with van der Waals surface area (Å²) in [6, 6.07) is 0. The first-order valence-electron chi connectivity index (χ1n) is 5.81. The molecule has 4 nitrogen and oxygen atoms in total. The zero-order valence-electron chi connectivity index (χ0n) is 10.2. The van der Waals surface area contributed by atoms with E-state index in [1.54, 1.807) is 17.1 Å². The monoisotopic (exact) mass is 266 g/mol. The van der Waals surface area contributed by atoms with E-state index in [9.17, 15) is 13.2 Å². The minimum Gasteiger partial charge on any atom is -0.490 e. The van der Waals surface area contributed by atoms with Gasteiger partial charge in [-0.05, 0) is 6.42 Å². The van der Waals surface area contributed by atoms with Crippen LogP contribution in [0.5, 0.6) is 5.75 Å². The first kappa shape index (κ1) is 14.8. The van der Waals surface area contributed by atoms with E-state index in [0.29, 0.717) is 18.8 Å². The molecule has 0 N–H and O–H groups in total. The number of hydrogen-bond acceptors (Lipinski definition) is 3. The Morgan fingerprint density at radius 1 is 1.33 bits per heavy atom. The van der Waals surface area contributed by atoms with E-state index >= 15 is 0 Å². The van der Waals surface area contributed by atoms with Crippen LogP contribution in [0.2, 0.25) is 0 Å². The lowest BCUT2D eigenvalue weighted by atomic mass is 10.5. The Hall–Kier alpha value is -1.24. The number of nitrogens with zero attached hydrogens (tertiary/aromatic N) is 2. The maximum Gasteiger partial charge on any atom is 0.411 e. The van der Waals surface area contributed by atoms with Crippen molar-refractivity contribution in [2.45, 2.75) is 32.5 Å². The van der Waals surface area contributed by atoms with Crippen LogP contribution in [-0.2, 0) is 11.3 Å². The van der Waals surface area contributed by atoms with Crippen LogP contribution in [0, 0.1) is 0 Å². The molecule has 0 radical (unpaired) electrons. The summed E-state index contributed by atoms with van der Waals surface area (Å²) in [4.78, 5) is 0. The zero-order valence-corrected chi connectivity index (χ0v) is 10.2. The van der Waals surface area contributed by atoms with Crippen LogP contribution in [0.4, 0.5) is 13.2 Å². The number of rotatable bonds is 8. The summed E-state index contributed by atoms with van der Waals surface area (Å²) in [5.41, 5.74) is 0. The van der Waals surface area contributed by atoms with Crippen molar-refractivity contribution in [3.05, 3.63) is 12.4 Å². The lowest BCUT2D eigenvalue weighted by molar-refractivity contribution is -0.174. The molecule has 0 saturated heterocycles. The highest BCUT2D eigenvalue weighted by Gasteiger charge is 2.27. The third kappa shape index (κ3) is 6.48. The van der Waals surface area contributed by atoms with Crippen molar-refractivity contribution in [3.63, 3.8) is 0 Å². The van der Waals surface area contributed by atoms with Gasteiger partial charge in [-0.15, -0.1) is 0 Å². The van der Waals surface area contributed by atoms with Gasteiger partial charge in [0.05, 0.1) is 25.6 Å². The predicted octanol–water partition coefficient (Wildman–Crippen LogP) is 2.64. The van der Waals surface area contributed by atoms with E-state index in [2.05, 4.69) is 9.84 Å². The van der Waals surface area contributed by atoms with Gasteiger partial charge in [-0.3, -0.25) is 4.68 Å². The standard InChI is InChI=1S/C11H17F3N2O2/c1-2-4-16-8-10(7-15-16)18-6-3-5-17-9-11(12,13)14/h7-8H,2-6,9H2,1H3. The Balaban J connectivity index is 2.07. The van der Waals surface area contributed by atoms with E-state index in [4.69, 9.17) is 4.74 Å². The lowest BCUT2D eigenvalue weighted by Gasteiger charge is -2.07. The molecule has 0 bridgehead atoms. The third-order valence-electron chi connectivity index (χ3n) is 2.03. The largest absolute Gasteiger partial charge is 0.490 e. The highest BCUT2D eigenvalue weighted by molar-refractivity contribution is 5.11. The van der Waals surface area contributed by atoms with Crippen molar-refractivity contribution in [2.24, 2.45) is 0 Å². The summed E-state index contributed by atoms with van der Waals surface area (Å²) in [5.74, 6) is 0.624. The molecule has 0 saturated carbocycles. The van der Waals surface area contributed by atoms with E-state index in [0.717, 1.165) is 13.0 Å². The van der Waals surface area contributed by atoms with E-state index in [-0.39, 0.29) is 6.61 Å². The van der Waals surface area contributed by atoms with Crippen LogP contribution < -0.4 is 4.74 Å². The van der Waals surface area contributed by atoms with Crippen molar-refractivity contribution in [1.29, 1.82) is 0 Å². The quantitative estimate of drug-likeness (QED) is 0.679. The number of ether oxygens (including phenoxy) is 2. The Labute approximate surface area is 104 Å². The molecule has 0 aliphatic rings. The van der Waals surface area contributed by atoms with E-state index in [1.807, 2.05) is 6.92 Å². The van der Waals surface area contributed by atoms with Gasteiger partial charge in [0.2, 0.25) is 0 Å². The molecule has 18 heavy (non-hydrogen) atoms. The second kappa shape index (κ2) is 7.25. The molecule has 0 amide bonds. The molecule has 1 heterocycles. The molecule has 0 unspecified atom stereocenters. The molecule has 1 aromatic rings. The minimum atomic E-state index is -4.26. The average Bonchev–Trinajstić information content (AvgIpc) is 2.70. The molecule has 0 aromatic carbocycles. The van der Waals surface area contributed by atoms with E-state index < -0.39 is 12.8 Å². The summed E-state index contributed by atoms with van der Waals surface area (Å²) in [7, 11) is 0. The Morgan fingerprint density at radius 3 is 2.78 bits per heavy atom. The number of aromatic nitrogens is 2. The van der Waals surface area contributed by atoms with Gasteiger partial charge in [0.15, 0.2) is 5.75 Å². The maximum absolute atomic E-state index is 11.7. The van der Waals surface area contributed by atoms with Crippen molar-refractivity contribution >= 4 is 0 Å². The Morgan fingerprint density at radius 2 is 2.11 bits per heavy atom. The van der Waals surface area contributed by atoms with Gasteiger partial charge < -0.3 is 9.47 Å². The van der Waals surface area contributed by atoms with Crippen molar-refractivity contribution in [3.8, 4) is 5.75 Å². The van der Waals surface area contributed by atoms with Crippen LogP contribution >= 0.6 is 0 Å². The van der Waals surface area contributed by atoms with Crippen LogP contribution in [-0.4, -0.2) is 35.8 Å². The second-order valence-electron chi connectivity index (χ2n) is 3.81. The zero-order chi connectivity index (χ0) is 13.4. The summed E-state index contributed by atoms with van der Waals surface area (Å²) in [6.45, 7) is 2.00. The molecule has 0 fully saturated rings. The summed E-state index contributed by atoms with van der Waals surface area (Å²) in [6.07, 6.45) is 0.482. The fourth-order valence-electron chi connectivity index (χ4n) is 1.31. The first-order chi connectivity index (χ1) is 8.51. The molecule has 7 heteroatoms. The molecular formula is C11H17F3N2O2. The second-order valence-corrected chi connectivity index (χ2v) is 3.81. The smallest absolute Gasteiger partial charge is 0.411 e. The number of aryl methyl sites for hydroxylation is 1. The Bertz CT molecular complexity index is 339. The van der Waals surface area contributed by atoms with Crippen LogP contribution in [0.3, 0.4) is 0 Å². The molecule has 1 aromatic heterocycles. The highest BCUT2D eigenvalue weighted by atomic mass is 19.4. The van der Waals surface area contributed by atoms with Gasteiger partial charge in [-0.25, -0.2) is 0 Å². The van der Waals surface area contributed by atoms with Gasteiger partial charge in [0.25, 0.3) is 0 Å². The van der Waals surface area contributed by atoms with Gasteiger partial charge >= 0.3 is 6.18 Å². The molecule has 0 aliphatic heterocycles. The summed E-state index contributed by atoms with van der Waals surface area (Å²) >= 11 is 0. The molecule has 104 valence electrons. The third-order valence-corrected chi connectivity index (χ3v) is 2.03. The first-order valence-corrected chi connectivity index (χ1v) is 5.81. The van der Waals surface area contributed by atoms with Gasteiger partial charge in [0, 0.05) is 13.0 Å². The normalized spacial score (nSPS) is 11.8. The minimum absolute atomic E-state index is 0.0304. The molecular weight excluding hydrogens is 249 g/mol. The number of alkyl halides is 3. The molecule has 0 aliphatic carbocycles. The molecule has 1 rings (SSSR count). The van der Waals surface area contributed by atoms with Gasteiger partial charge in [0.1, 0.15) is 6.61 Å². The van der Waals surface area contributed by atoms with Gasteiger partial charge in [-0.1, -0.05) is 6.92 Å². The van der Waals surface area contributed by atoms with Crippen LogP contribution in [0.15, 0.2) is 12.4 Å². The predicted molar refractivity (Wildman–Crippen MR) is 59.5 cm³/mol. The summed E-state index contributed by atoms with van der Waals surface area (Å²) < 4.78 is 46.7. The van der Waals surface area contributed by atoms with Crippen LogP contribution in [0.1, 0.15) is 19.8 Å². The van der Waals surface area contributed by atoms with Crippen LogP contribution in [0.25, 0.3) is 0 Å².